The maximum Gasteiger partial charge on any atom is 0.220 e. The summed E-state index contributed by atoms with van der Waals surface area (Å²) in [4.78, 5) is 12.3. The highest BCUT2D eigenvalue weighted by molar-refractivity contribution is 5.76. The second kappa shape index (κ2) is 20.8. The molecule has 44 heavy (non-hydrogen) atoms. The summed E-state index contributed by atoms with van der Waals surface area (Å²) in [7, 11) is 0. The second-order valence-electron chi connectivity index (χ2n) is 11.6. The van der Waals surface area contributed by atoms with Gasteiger partial charge in [0.2, 0.25) is 5.91 Å². The van der Waals surface area contributed by atoms with E-state index in [2.05, 4.69) is 12.2 Å². The van der Waals surface area contributed by atoms with Crippen LogP contribution in [0.15, 0.2) is 12.2 Å². The molecule has 9 N–H and O–H groups in total. The van der Waals surface area contributed by atoms with Crippen LogP contribution in [0, 0.1) is 0 Å². The van der Waals surface area contributed by atoms with Crippen LogP contribution in [0.1, 0.15) is 78.1 Å². The Bertz CT molecular complexity index is 816. The van der Waals surface area contributed by atoms with Crippen molar-refractivity contribution in [2.75, 3.05) is 19.8 Å². The number of aliphatic hydroxyl groups excluding tert-OH is 8. The van der Waals surface area contributed by atoms with Crippen molar-refractivity contribution in [2.45, 2.75) is 152 Å². The van der Waals surface area contributed by atoms with Gasteiger partial charge < -0.3 is 65.1 Å². The third kappa shape index (κ3) is 11.8. The molecule has 0 spiro atoms. The van der Waals surface area contributed by atoms with Gasteiger partial charge in [0.05, 0.1) is 32.0 Å². The predicted octanol–water partition coefficient (Wildman–Crippen LogP) is -1.03. The number of aliphatic hydroxyl groups is 8. The first kappa shape index (κ1) is 38.9. The largest absolute Gasteiger partial charge is 0.394 e. The Morgan fingerprint density at radius 2 is 1.41 bits per heavy atom. The zero-order valence-electron chi connectivity index (χ0n) is 25.9. The molecule has 0 bridgehead atoms. The molecule has 0 saturated carbocycles. The minimum atomic E-state index is -1.78. The normalized spacial score (nSPS) is 34.2. The third-order valence-electron chi connectivity index (χ3n) is 7.94. The fourth-order valence-electron chi connectivity index (χ4n) is 5.21. The number of unbranched alkanes of at least 4 members (excludes halogenated alkanes) is 7. The van der Waals surface area contributed by atoms with Gasteiger partial charge in [0, 0.05) is 6.42 Å². The summed E-state index contributed by atoms with van der Waals surface area (Å²) in [5, 5.41) is 84.8. The highest BCUT2D eigenvalue weighted by Crippen LogP contribution is 2.29. The molecular formula is C30H55NO13. The van der Waals surface area contributed by atoms with Gasteiger partial charge >= 0.3 is 0 Å². The number of amides is 1. The van der Waals surface area contributed by atoms with Gasteiger partial charge in [0.15, 0.2) is 12.6 Å². The van der Waals surface area contributed by atoms with E-state index < -0.39 is 86.8 Å². The van der Waals surface area contributed by atoms with Crippen LogP contribution in [0.25, 0.3) is 0 Å². The molecule has 2 aliphatic rings. The van der Waals surface area contributed by atoms with E-state index in [4.69, 9.17) is 18.9 Å². The minimum absolute atomic E-state index is 0.232. The number of allylic oxidation sites excluding steroid dienone is 1. The van der Waals surface area contributed by atoms with Crippen LogP contribution in [0.4, 0.5) is 0 Å². The summed E-state index contributed by atoms with van der Waals surface area (Å²) in [6, 6.07) is -0.900. The van der Waals surface area contributed by atoms with Gasteiger partial charge in [0.1, 0.15) is 48.8 Å². The standard InChI is InChI=1S/C30H55NO13/c1-3-5-6-7-8-9-10-11-12-14-19(34)18(31-22(35)13-4-2)17-41-29-27(40)25(38)28(21(16-33)43-29)44-30-26(39)24(37)23(36)20(15-32)42-30/h12,14,18-21,23-30,32-34,36-40H,3-11,13,15-17H2,1-2H3,(H,31,35)/b14-12+. The molecule has 2 rings (SSSR count). The topological polar surface area (TPSA) is 228 Å². The van der Waals surface area contributed by atoms with Crippen LogP contribution in [0.5, 0.6) is 0 Å². The van der Waals surface area contributed by atoms with E-state index in [9.17, 15) is 45.6 Å². The predicted molar refractivity (Wildman–Crippen MR) is 157 cm³/mol. The fraction of sp³-hybridized carbons (Fsp3) is 0.900. The molecule has 2 fully saturated rings. The highest BCUT2D eigenvalue weighted by atomic mass is 16.7. The zero-order chi connectivity index (χ0) is 32.6. The van der Waals surface area contributed by atoms with Crippen molar-refractivity contribution in [1.29, 1.82) is 0 Å². The van der Waals surface area contributed by atoms with Crippen LogP contribution in [-0.4, -0.2) is 140 Å². The number of carbonyl (C=O) groups excluding carboxylic acids is 1. The number of hydrogen-bond donors (Lipinski definition) is 9. The molecule has 14 nitrogen and oxygen atoms in total. The summed E-state index contributed by atoms with van der Waals surface area (Å²) >= 11 is 0. The lowest BCUT2D eigenvalue weighted by Gasteiger charge is -2.46. The van der Waals surface area contributed by atoms with Crippen molar-refractivity contribution in [3.05, 3.63) is 12.2 Å². The number of carbonyl (C=O) groups is 1. The van der Waals surface area contributed by atoms with Crippen LogP contribution >= 0.6 is 0 Å². The fourth-order valence-corrected chi connectivity index (χ4v) is 5.21. The van der Waals surface area contributed by atoms with E-state index in [0.29, 0.717) is 6.42 Å². The lowest BCUT2D eigenvalue weighted by Crippen LogP contribution is -2.65. The quantitative estimate of drug-likeness (QED) is 0.0575. The lowest BCUT2D eigenvalue weighted by molar-refractivity contribution is -0.359. The van der Waals surface area contributed by atoms with E-state index in [1.807, 2.05) is 13.0 Å². The molecule has 2 aliphatic heterocycles. The molecular weight excluding hydrogens is 582 g/mol. The van der Waals surface area contributed by atoms with Crippen molar-refractivity contribution >= 4 is 5.91 Å². The summed E-state index contributed by atoms with van der Waals surface area (Å²) in [6.07, 6.45) is -3.73. The van der Waals surface area contributed by atoms with Gasteiger partial charge in [0.25, 0.3) is 0 Å². The molecule has 0 aromatic carbocycles. The summed E-state index contributed by atoms with van der Waals surface area (Å²) < 4.78 is 22.2. The van der Waals surface area contributed by atoms with Gasteiger partial charge in [-0.05, 0) is 19.3 Å². The molecule has 14 heteroatoms. The van der Waals surface area contributed by atoms with E-state index in [-0.39, 0.29) is 18.9 Å². The molecule has 1 amide bonds. The number of hydrogen-bond acceptors (Lipinski definition) is 13. The first-order valence-electron chi connectivity index (χ1n) is 15.9. The monoisotopic (exact) mass is 637 g/mol. The lowest BCUT2D eigenvalue weighted by atomic mass is 9.97. The van der Waals surface area contributed by atoms with Crippen LogP contribution < -0.4 is 5.32 Å². The van der Waals surface area contributed by atoms with Gasteiger partial charge in [-0.15, -0.1) is 0 Å². The van der Waals surface area contributed by atoms with E-state index in [1.165, 1.54) is 32.1 Å². The van der Waals surface area contributed by atoms with Crippen molar-refractivity contribution < 1.29 is 64.6 Å². The average molecular weight is 638 g/mol. The van der Waals surface area contributed by atoms with Gasteiger partial charge in [-0.25, -0.2) is 0 Å². The Kier molecular flexibility index (Phi) is 18.4. The Labute approximate surface area is 259 Å². The first-order valence-corrected chi connectivity index (χ1v) is 15.9. The SMILES string of the molecule is CCCCCCCCC/C=C/C(O)C(COC1OC(CO)C(OC2OC(CO)C(O)C(O)C2O)C(O)C1O)NC(=O)CCC. The van der Waals surface area contributed by atoms with Gasteiger partial charge in [-0.2, -0.15) is 0 Å². The molecule has 2 heterocycles. The number of rotatable bonds is 20. The minimum Gasteiger partial charge on any atom is -0.394 e. The van der Waals surface area contributed by atoms with E-state index in [1.54, 1.807) is 6.08 Å². The molecule has 0 aliphatic carbocycles. The van der Waals surface area contributed by atoms with Crippen molar-refractivity contribution in [2.24, 2.45) is 0 Å². The summed E-state index contributed by atoms with van der Waals surface area (Å²) in [5.41, 5.74) is 0. The van der Waals surface area contributed by atoms with Gasteiger partial charge in [-0.1, -0.05) is 64.5 Å². The summed E-state index contributed by atoms with van der Waals surface area (Å²) in [5.74, 6) is -0.299. The van der Waals surface area contributed by atoms with Crippen molar-refractivity contribution in [3.63, 3.8) is 0 Å². The summed E-state index contributed by atoms with van der Waals surface area (Å²) in [6.45, 7) is 2.30. The maximum atomic E-state index is 12.3. The molecule has 258 valence electrons. The highest BCUT2D eigenvalue weighted by Gasteiger charge is 2.50. The van der Waals surface area contributed by atoms with E-state index in [0.717, 1.165) is 19.3 Å². The first-order chi connectivity index (χ1) is 21.1. The van der Waals surface area contributed by atoms with Crippen molar-refractivity contribution in [1.82, 2.24) is 5.32 Å². The molecule has 0 aromatic rings. The molecule has 0 aromatic heterocycles. The van der Waals surface area contributed by atoms with Crippen LogP contribution in [0.2, 0.25) is 0 Å². The number of ether oxygens (including phenoxy) is 4. The Morgan fingerprint density at radius 1 is 0.795 bits per heavy atom. The maximum absolute atomic E-state index is 12.3. The smallest absolute Gasteiger partial charge is 0.220 e. The Morgan fingerprint density at radius 3 is 2.05 bits per heavy atom. The second-order valence-corrected chi connectivity index (χ2v) is 11.6. The molecule has 12 unspecified atom stereocenters. The molecule has 0 radical (unpaired) electrons. The van der Waals surface area contributed by atoms with Gasteiger partial charge in [-0.3, -0.25) is 4.79 Å². The van der Waals surface area contributed by atoms with Crippen molar-refractivity contribution in [3.8, 4) is 0 Å². The van der Waals surface area contributed by atoms with E-state index >= 15 is 0 Å². The molecule has 12 atom stereocenters. The van der Waals surface area contributed by atoms with Crippen LogP contribution in [-0.2, 0) is 23.7 Å². The Balaban J connectivity index is 1.98. The average Bonchev–Trinajstić information content (AvgIpc) is 3.01. The van der Waals surface area contributed by atoms with Crippen LogP contribution in [0.3, 0.4) is 0 Å². The third-order valence-corrected chi connectivity index (χ3v) is 7.94. The Hall–Kier alpha value is -1.27. The molecule has 2 saturated heterocycles. The number of nitrogens with one attached hydrogen (secondary N) is 1. The zero-order valence-corrected chi connectivity index (χ0v) is 25.9.